The largest absolute Gasteiger partial charge is 0.493 e. The van der Waals surface area contributed by atoms with Gasteiger partial charge in [-0.1, -0.05) is 23.4 Å². The van der Waals surface area contributed by atoms with Crippen molar-refractivity contribution in [1.82, 2.24) is 0 Å². The van der Waals surface area contributed by atoms with Crippen molar-refractivity contribution in [1.29, 1.82) is 0 Å². The fourth-order valence-electron chi connectivity index (χ4n) is 2.73. The van der Waals surface area contributed by atoms with E-state index in [9.17, 15) is 4.79 Å². The van der Waals surface area contributed by atoms with Crippen molar-refractivity contribution in [3.8, 4) is 11.5 Å². The summed E-state index contributed by atoms with van der Waals surface area (Å²) in [7, 11) is 0. The van der Waals surface area contributed by atoms with Gasteiger partial charge in [-0.2, -0.15) is 0 Å². The molecule has 1 saturated heterocycles. The first kappa shape index (κ1) is 22.0. The van der Waals surface area contributed by atoms with E-state index in [0.717, 1.165) is 31.6 Å². The Balaban J connectivity index is 1.34. The van der Waals surface area contributed by atoms with Crippen LogP contribution in [0.4, 0.5) is 0 Å². The minimum Gasteiger partial charge on any atom is -0.493 e. The van der Waals surface area contributed by atoms with Gasteiger partial charge >= 0.3 is 5.97 Å². The van der Waals surface area contributed by atoms with Gasteiger partial charge in [-0.3, -0.25) is 0 Å². The summed E-state index contributed by atoms with van der Waals surface area (Å²) in [5.74, 6) is 2.00. The normalized spacial score (nSPS) is 16.7. The molecule has 0 saturated carbocycles. The molecule has 7 nitrogen and oxygen atoms in total. The summed E-state index contributed by atoms with van der Waals surface area (Å²) in [6.45, 7) is 1.24. The lowest BCUT2D eigenvalue weighted by Gasteiger charge is -2.23. The number of nitrogens with two attached hydrogens (primary N) is 1. The van der Waals surface area contributed by atoms with Crippen LogP contribution in [0.1, 0.15) is 24.8 Å². The molecule has 0 bridgehead atoms. The zero-order chi connectivity index (χ0) is 21.0. The van der Waals surface area contributed by atoms with Crippen LogP contribution in [0, 0.1) is 0 Å². The maximum absolute atomic E-state index is 11.8. The van der Waals surface area contributed by atoms with Crippen molar-refractivity contribution in [3.05, 3.63) is 60.2 Å². The van der Waals surface area contributed by atoms with E-state index >= 15 is 0 Å². The number of hydrogen-bond donors (Lipinski definition) is 1. The predicted molar refractivity (Wildman–Crippen MR) is 117 cm³/mol. The molecule has 0 amide bonds. The third kappa shape index (κ3) is 7.61. The van der Waals surface area contributed by atoms with E-state index in [-0.39, 0.29) is 17.9 Å². The Hall–Kier alpha value is -2.71. The number of carbonyl (C=O) groups is 1. The average molecular weight is 431 g/mol. The molecule has 1 atom stereocenters. The minimum atomic E-state index is -0.461. The molecule has 30 heavy (non-hydrogen) atoms. The zero-order valence-electron chi connectivity index (χ0n) is 16.7. The van der Waals surface area contributed by atoms with Gasteiger partial charge in [-0.15, -0.1) is 11.8 Å². The van der Waals surface area contributed by atoms with Crippen LogP contribution < -0.4 is 15.2 Å². The highest BCUT2D eigenvalue weighted by molar-refractivity contribution is 7.99. The molecule has 2 N–H and O–H groups in total. The molecule has 0 radical (unpaired) electrons. The van der Waals surface area contributed by atoms with Gasteiger partial charge in [0.15, 0.2) is 12.1 Å². The molecule has 0 aromatic heterocycles. The van der Waals surface area contributed by atoms with Crippen molar-refractivity contribution < 1.29 is 23.8 Å². The van der Waals surface area contributed by atoms with Crippen LogP contribution in [-0.4, -0.2) is 42.8 Å². The number of ether oxygens (including phenoxy) is 3. The van der Waals surface area contributed by atoms with Gasteiger partial charge in [0.05, 0.1) is 19.0 Å². The molecule has 3 rings (SSSR count). The summed E-state index contributed by atoms with van der Waals surface area (Å²) in [6.07, 6.45) is 2.86. The molecule has 0 aliphatic carbocycles. The Morgan fingerprint density at radius 3 is 2.63 bits per heavy atom. The third-order valence-electron chi connectivity index (χ3n) is 4.26. The van der Waals surface area contributed by atoms with Crippen molar-refractivity contribution in [2.24, 2.45) is 10.9 Å². The first-order valence-corrected chi connectivity index (χ1v) is 11.0. The molecule has 1 aliphatic rings. The summed E-state index contributed by atoms with van der Waals surface area (Å²) in [5.41, 5.74) is 6.54. The number of para-hydroxylation sites is 1. The van der Waals surface area contributed by atoms with Gasteiger partial charge in [0.25, 0.3) is 0 Å². The fourth-order valence-corrected chi connectivity index (χ4v) is 3.29. The number of amidine groups is 1. The van der Waals surface area contributed by atoms with E-state index < -0.39 is 5.97 Å². The second-order valence-corrected chi connectivity index (χ2v) is 7.70. The van der Waals surface area contributed by atoms with E-state index in [4.69, 9.17) is 24.8 Å². The molecule has 2 aromatic rings. The highest BCUT2D eigenvalue weighted by Gasteiger charge is 2.15. The molecule has 1 unspecified atom stereocenters. The number of carbonyl (C=O) groups excluding carboxylic acids is 1. The molecule has 8 heteroatoms. The maximum atomic E-state index is 11.8. The Morgan fingerprint density at radius 1 is 1.10 bits per heavy atom. The monoisotopic (exact) mass is 430 g/mol. The number of hydrogen-bond acceptors (Lipinski definition) is 7. The first-order valence-electron chi connectivity index (χ1n) is 9.88. The Morgan fingerprint density at radius 2 is 1.90 bits per heavy atom. The van der Waals surface area contributed by atoms with E-state index in [2.05, 4.69) is 5.16 Å². The van der Waals surface area contributed by atoms with Crippen molar-refractivity contribution in [2.75, 3.05) is 24.7 Å². The van der Waals surface area contributed by atoms with Crippen LogP contribution in [0.5, 0.6) is 11.5 Å². The molecule has 1 heterocycles. The first-order chi connectivity index (χ1) is 14.7. The lowest BCUT2D eigenvalue weighted by molar-refractivity contribution is -0.140. The number of thioether (sulfide) groups is 1. The summed E-state index contributed by atoms with van der Waals surface area (Å²) >= 11 is 1.41. The van der Waals surface area contributed by atoms with Crippen LogP contribution in [-0.2, 0) is 14.4 Å². The van der Waals surface area contributed by atoms with Crippen LogP contribution in [0.15, 0.2) is 59.8 Å². The Bertz CT molecular complexity index is 808. The molecular formula is C22H26N2O5S. The van der Waals surface area contributed by atoms with Crippen LogP contribution in [0.25, 0.3) is 0 Å². The molecule has 2 aromatic carbocycles. The Kier molecular flexibility index (Phi) is 8.86. The summed E-state index contributed by atoms with van der Waals surface area (Å²) < 4.78 is 16.9. The molecule has 160 valence electrons. The fraction of sp³-hybridized carbons (Fsp3) is 0.364. The van der Waals surface area contributed by atoms with E-state index in [1.807, 2.05) is 30.3 Å². The van der Waals surface area contributed by atoms with Gasteiger partial charge in [0, 0.05) is 17.7 Å². The van der Waals surface area contributed by atoms with Crippen LogP contribution in [0.3, 0.4) is 0 Å². The summed E-state index contributed by atoms with van der Waals surface area (Å²) in [5, 5.41) is 3.72. The van der Waals surface area contributed by atoms with E-state index in [0.29, 0.717) is 23.7 Å². The Labute approximate surface area is 180 Å². The van der Waals surface area contributed by atoms with E-state index in [1.165, 1.54) is 11.8 Å². The average Bonchev–Trinajstić information content (AvgIpc) is 2.79. The van der Waals surface area contributed by atoms with Gasteiger partial charge in [-0.05, 0) is 49.2 Å². The molecule has 0 spiro atoms. The second kappa shape index (κ2) is 12.1. The number of nitrogens with zero attached hydrogens (tertiary/aromatic N) is 1. The van der Waals surface area contributed by atoms with Crippen molar-refractivity contribution >= 4 is 23.6 Å². The SMILES string of the molecule is N/C(=N/OC(=O)CSCCOc1ccccc1)c1ccc(OC2CCCCO2)cc1. The molecule has 1 aliphatic heterocycles. The highest BCUT2D eigenvalue weighted by atomic mass is 32.2. The lowest BCUT2D eigenvalue weighted by Crippen LogP contribution is -2.25. The highest BCUT2D eigenvalue weighted by Crippen LogP contribution is 2.19. The standard InChI is InChI=1S/C22H26N2O5S/c23-22(17-9-11-19(12-10-17)28-21-8-4-5-13-27-21)24-29-20(25)16-30-15-14-26-18-6-2-1-3-7-18/h1-3,6-7,9-12,21H,4-5,8,13-16H2,(H2,23,24). The predicted octanol–water partition coefficient (Wildman–Crippen LogP) is 3.57. The van der Waals surface area contributed by atoms with Gasteiger partial charge in [0.2, 0.25) is 0 Å². The van der Waals surface area contributed by atoms with Gasteiger partial charge < -0.3 is 24.8 Å². The van der Waals surface area contributed by atoms with Crippen molar-refractivity contribution in [2.45, 2.75) is 25.6 Å². The van der Waals surface area contributed by atoms with Crippen LogP contribution >= 0.6 is 11.8 Å². The summed E-state index contributed by atoms with van der Waals surface area (Å²) in [6, 6.07) is 16.6. The van der Waals surface area contributed by atoms with Gasteiger partial charge in [0.1, 0.15) is 11.5 Å². The van der Waals surface area contributed by atoms with Gasteiger partial charge in [-0.25, -0.2) is 4.79 Å². The van der Waals surface area contributed by atoms with Crippen molar-refractivity contribution in [3.63, 3.8) is 0 Å². The number of rotatable bonds is 10. The number of oxime groups is 1. The van der Waals surface area contributed by atoms with E-state index in [1.54, 1.807) is 24.3 Å². The zero-order valence-corrected chi connectivity index (χ0v) is 17.5. The third-order valence-corrected chi connectivity index (χ3v) is 5.16. The smallest absolute Gasteiger partial charge is 0.344 e. The molecular weight excluding hydrogens is 404 g/mol. The minimum absolute atomic E-state index is 0.126. The summed E-state index contributed by atoms with van der Waals surface area (Å²) in [4.78, 5) is 16.7. The topological polar surface area (TPSA) is 92.4 Å². The van der Waals surface area contributed by atoms with Crippen LogP contribution in [0.2, 0.25) is 0 Å². The quantitative estimate of drug-likeness (QED) is 0.202. The number of benzene rings is 2. The second-order valence-electron chi connectivity index (χ2n) is 6.59. The lowest BCUT2D eigenvalue weighted by atomic mass is 10.2. The molecule has 1 fully saturated rings. The maximum Gasteiger partial charge on any atom is 0.344 e.